The van der Waals surface area contributed by atoms with E-state index < -0.39 is 11.2 Å². The van der Waals surface area contributed by atoms with Crippen molar-refractivity contribution in [3.8, 4) is 6.07 Å². The van der Waals surface area contributed by atoms with Crippen molar-refractivity contribution in [2.75, 3.05) is 44.6 Å². The second-order valence-electron chi connectivity index (χ2n) is 7.42. The van der Waals surface area contributed by atoms with E-state index in [9.17, 15) is 14.9 Å². The summed E-state index contributed by atoms with van der Waals surface area (Å²) in [6, 6.07) is 12.4. The molecule has 29 heavy (non-hydrogen) atoms. The summed E-state index contributed by atoms with van der Waals surface area (Å²) in [4.78, 5) is 29.1. The molecule has 1 aromatic carbocycles. The van der Waals surface area contributed by atoms with Crippen molar-refractivity contribution in [2.45, 2.75) is 13.0 Å². The Balaban J connectivity index is 1.46. The van der Waals surface area contributed by atoms with Crippen LogP contribution in [0.5, 0.6) is 0 Å². The van der Waals surface area contributed by atoms with Crippen LogP contribution in [0.4, 0.5) is 5.82 Å². The highest BCUT2D eigenvalue weighted by molar-refractivity contribution is 5.51. The van der Waals surface area contributed by atoms with E-state index in [0.29, 0.717) is 12.4 Å². The highest BCUT2D eigenvalue weighted by Gasteiger charge is 2.17. The minimum Gasteiger partial charge on any atom is -0.370 e. The van der Waals surface area contributed by atoms with E-state index in [1.807, 2.05) is 12.1 Å². The van der Waals surface area contributed by atoms with E-state index in [0.717, 1.165) is 50.3 Å². The first kappa shape index (κ1) is 20.8. The van der Waals surface area contributed by atoms with Crippen LogP contribution < -0.4 is 16.6 Å². The van der Waals surface area contributed by atoms with E-state index in [1.54, 1.807) is 7.05 Å². The van der Waals surface area contributed by atoms with Crippen LogP contribution in [-0.4, -0.2) is 58.2 Å². The molecule has 8 nitrogen and oxygen atoms in total. The number of anilines is 1. The monoisotopic (exact) mass is 396 g/mol. The molecule has 2 aromatic rings. The van der Waals surface area contributed by atoms with Crippen molar-refractivity contribution in [3.63, 3.8) is 0 Å². The van der Waals surface area contributed by atoms with Gasteiger partial charge in [-0.25, -0.2) is 4.79 Å². The van der Waals surface area contributed by atoms with E-state index in [1.165, 1.54) is 17.2 Å². The molecule has 1 fully saturated rings. The Kier molecular flexibility index (Phi) is 6.86. The second-order valence-corrected chi connectivity index (χ2v) is 7.42. The average molecular weight is 396 g/mol. The van der Waals surface area contributed by atoms with Crippen molar-refractivity contribution in [3.05, 3.63) is 62.3 Å². The van der Waals surface area contributed by atoms with Crippen LogP contribution in [0.2, 0.25) is 0 Å². The molecule has 8 heteroatoms. The van der Waals surface area contributed by atoms with Crippen LogP contribution in [-0.2, 0) is 20.6 Å². The minimum absolute atomic E-state index is 0.0240. The number of aromatic nitrogens is 2. The first-order chi connectivity index (χ1) is 14.0. The van der Waals surface area contributed by atoms with Crippen LogP contribution in [0.15, 0.2) is 39.9 Å². The number of nitrogens with zero attached hydrogens (tertiary/aromatic N) is 5. The molecule has 0 atom stereocenters. The lowest BCUT2D eigenvalue weighted by molar-refractivity contribution is 0.127. The van der Waals surface area contributed by atoms with E-state index in [2.05, 4.69) is 39.4 Å². The number of piperazine rings is 1. The Morgan fingerprint density at radius 3 is 2.31 bits per heavy atom. The van der Waals surface area contributed by atoms with Crippen molar-refractivity contribution >= 4 is 5.82 Å². The summed E-state index contributed by atoms with van der Waals surface area (Å²) in [5.74, 6) is 0.299. The molecule has 0 saturated carbocycles. The van der Waals surface area contributed by atoms with E-state index >= 15 is 0 Å². The molecular formula is C21H28N6O2. The largest absolute Gasteiger partial charge is 0.370 e. The predicted molar refractivity (Wildman–Crippen MR) is 113 cm³/mol. The molecular weight excluding hydrogens is 368 g/mol. The molecule has 0 amide bonds. The fourth-order valence-electron chi connectivity index (χ4n) is 3.67. The van der Waals surface area contributed by atoms with Gasteiger partial charge in [-0.3, -0.25) is 18.8 Å². The molecule has 1 aromatic heterocycles. The number of rotatable bonds is 7. The van der Waals surface area contributed by atoms with Crippen molar-refractivity contribution in [2.24, 2.45) is 14.1 Å². The van der Waals surface area contributed by atoms with Gasteiger partial charge in [0.05, 0.1) is 0 Å². The Morgan fingerprint density at radius 2 is 1.66 bits per heavy atom. The quantitative estimate of drug-likeness (QED) is 0.689. The van der Waals surface area contributed by atoms with Gasteiger partial charge < -0.3 is 10.2 Å². The zero-order chi connectivity index (χ0) is 20.8. The van der Waals surface area contributed by atoms with Gasteiger partial charge >= 0.3 is 5.69 Å². The molecule has 2 heterocycles. The standard InChI is InChI=1S/C21H28N6O2/c1-24-19(18(15-22)20(28)25(2)21(24)29)23-9-6-10-26-11-13-27(14-12-26)16-17-7-4-3-5-8-17/h3-5,7-8,23H,6,9-14,16H2,1-2H3. The molecule has 1 N–H and O–H groups in total. The summed E-state index contributed by atoms with van der Waals surface area (Å²) in [6.45, 7) is 6.67. The fraction of sp³-hybridized carbons (Fsp3) is 0.476. The van der Waals surface area contributed by atoms with Gasteiger partial charge in [0.1, 0.15) is 11.9 Å². The lowest BCUT2D eigenvalue weighted by Crippen LogP contribution is -2.46. The molecule has 1 aliphatic heterocycles. The Labute approximate surface area is 170 Å². The molecule has 154 valence electrons. The molecule has 0 radical (unpaired) electrons. The first-order valence-electron chi connectivity index (χ1n) is 9.94. The van der Waals surface area contributed by atoms with Crippen LogP contribution in [0.1, 0.15) is 17.5 Å². The molecule has 0 unspecified atom stereocenters. The van der Waals surface area contributed by atoms with Crippen LogP contribution in [0, 0.1) is 11.3 Å². The third-order valence-corrected chi connectivity index (χ3v) is 5.43. The van der Waals surface area contributed by atoms with Crippen LogP contribution in [0.3, 0.4) is 0 Å². The summed E-state index contributed by atoms with van der Waals surface area (Å²) in [6.07, 6.45) is 0.868. The van der Waals surface area contributed by atoms with Gasteiger partial charge in [0.2, 0.25) is 0 Å². The zero-order valence-corrected chi connectivity index (χ0v) is 17.1. The summed E-state index contributed by atoms with van der Waals surface area (Å²) >= 11 is 0. The number of benzene rings is 1. The molecule has 0 bridgehead atoms. The summed E-state index contributed by atoms with van der Waals surface area (Å²) in [5, 5.41) is 12.4. The highest BCUT2D eigenvalue weighted by Crippen LogP contribution is 2.10. The van der Waals surface area contributed by atoms with E-state index in [4.69, 9.17) is 0 Å². The third kappa shape index (κ3) is 4.94. The first-order valence-corrected chi connectivity index (χ1v) is 9.94. The smallest absolute Gasteiger partial charge is 0.332 e. The highest BCUT2D eigenvalue weighted by atomic mass is 16.2. The fourth-order valence-corrected chi connectivity index (χ4v) is 3.67. The lowest BCUT2D eigenvalue weighted by atomic mass is 10.2. The Bertz CT molecular complexity index is 981. The molecule has 0 aliphatic carbocycles. The summed E-state index contributed by atoms with van der Waals surface area (Å²) < 4.78 is 2.28. The normalized spacial score (nSPS) is 15.2. The Hall–Kier alpha value is -2.89. The Morgan fingerprint density at radius 1 is 1.00 bits per heavy atom. The summed E-state index contributed by atoms with van der Waals surface area (Å²) in [5.41, 5.74) is 0.320. The average Bonchev–Trinajstić information content (AvgIpc) is 2.75. The number of hydrogen-bond donors (Lipinski definition) is 1. The third-order valence-electron chi connectivity index (χ3n) is 5.43. The van der Waals surface area contributed by atoms with Crippen molar-refractivity contribution in [1.82, 2.24) is 18.9 Å². The van der Waals surface area contributed by atoms with Gasteiger partial charge in [-0.1, -0.05) is 30.3 Å². The van der Waals surface area contributed by atoms with Crippen molar-refractivity contribution in [1.29, 1.82) is 5.26 Å². The van der Waals surface area contributed by atoms with Gasteiger partial charge in [0.25, 0.3) is 5.56 Å². The van der Waals surface area contributed by atoms with Crippen LogP contribution >= 0.6 is 0 Å². The van der Waals surface area contributed by atoms with Crippen LogP contribution in [0.25, 0.3) is 0 Å². The van der Waals surface area contributed by atoms with Gasteiger partial charge in [-0.05, 0) is 18.5 Å². The maximum Gasteiger partial charge on any atom is 0.332 e. The van der Waals surface area contributed by atoms with Gasteiger partial charge in [-0.2, -0.15) is 5.26 Å². The number of nitrogens with one attached hydrogen (secondary N) is 1. The van der Waals surface area contributed by atoms with Gasteiger partial charge in [0.15, 0.2) is 5.56 Å². The maximum atomic E-state index is 12.1. The molecule has 3 rings (SSSR count). The predicted octanol–water partition coefficient (Wildman–Crippen LogP) is 0.575. The molecule has 0 spiro atoms. The topological polar surface area (TPSA) is 86.3 Å². The SMILES string of the molecule is Cn1c(NCCCN2CCN(Cc3ccccc3)CC2)c(C#N)c(=O)n(C)c1=O. The maximum absolute atomic E-state index is 12.1. The van der Waals surface area contributed by atoms with E-state index in [-0.39, 0.29) is 5.56 Å². The minimum atomic E-state index is -0.562. The molecule has 1 saturated heterocycles. The zero-order valence-electron chi connectivity index (χ0n) is 17.1. The van der Waals surface area contributed by atoms with Gasteiger partial charge in [0, 0.05) is 53.4 Å². The molecule has 1 aliphatic rings. The lowest BCUT2D eigenvalue weighted by Gasteiger charge is -2.34. The second kappa shape index (κ2) is 9.54. The van der Waals surface area contributed by atoms with Gasteiger partial charge in [-0.15, -0.1) is 0 Å². The summed E-state index contributed by atoms with van der Waals surface area (Å²) in [7, 11) is 2.95. The van der Waals surface area contributed by atoms with Crippen molar-refractivity contribution < 1.29 is 0 Å². The number of nitriles is 1. The number of hydrogen-bond acceptors (Lipinski definition) is 6.